The fourth-order valence-corrected chi connectivity index (χ4v) is 3.36. The molecule has 8 heteroatoms. The Morgan fingerprint density at radius 1 is 1.31 bits per heavy atom. The van der Waals surface area contributed by atoms with Crippen molar-refractivity contribution < 1.29 is 14.3 Å². The molecule has 1 aromatic rings. The van der Waals surface area contributed by atoms with Crippen molar-refractivity contribution in [1.29, 1.82) is 10.5 Å². The van der Waals surface area contributed by atoms with Gasteiger partial charge >= 0.3 is 6.09 Å². The molecule has 1 aliphatic rings. The summed E-state index contributed by atoms with van der Waals surface area (Å²) in [6.45, 7) is 7.29. The number of nitriles is 2. The zero-order valence-corrected chi connectivity index (χ0v) is 16.3. The van der Waals surface area contributed by atoms with Crippen LogP contribution in [0.25, 0.3) is 0 Å². The molecule has 1 heterocycles. The number of nitrogens with zero attached hydrogens (tertiary/aromatic N) is 4. The molecular formula is C18H22N4O3S. The second kappa shape index (κ2) is 7.86. The van der Waals surface area contributed by atoms with Crippen LogP contribution in [-0.2, 0) is 6.42 Å². The average molecular weight is 374 g/mol. The maximum Gasteiger partial charge on any atom is 0.426 e. The van der Waals surface area contributed by atoms with E-state index in [1.54, 1.807) is 19.9 Å². The summed E-state index contributed by atoms with van der Waals surface area (Å²) in [6, 6.07) is 8.51. The fraction of sp³-hybridized carbons (Fsp3) is 0.500. The smallest absolute Gasteiger partial charge is 0.426 e. The Morgan fingerprint density at radius 2 is 1.92 bits per heavy atom. The van der Waals surface area contributed by atoms with Gasteiger partial charge in [0.25, 0.3) is 0 Å². The normalized spacial score (nSPS) is 16.6. The van der Waals surface area contributed by atoms with Crippen molar-refractivity contribution in [2.45, 2.75) is 51.8 Å². The van der Waals surface area contributed by atoms with Crippen molar-refractivity contribution in [2.24, 2.45) is 0 Å². The summed E-state index contributed by atoms with van der Waals surface area (Å²) in [6.07, 6.45) is 0.128. The van der Waals surface area contributed by atoms with Gasteiger partial charge in [-0.1, -0.05) is 12.1 Å². The SMILES string of the molecule is CC(C#N)N(SN(C)C(=O)Oc1cccc2c1OC(C)(C)C2)C(C)C#N. The van der Waals surface area contributed by atoms with Gasteiger partial charge in [0.05, 0.1) is 12.1 Å². The molecule has 0 spiro atoms. The van der Waals surface area contributed by atoms with Gasteiger partial charge in [0.2, 0.25) is 0 Å². The van der Waals surface area contributed by atoms with Crippen LogP contribution in [0.3, 0.4) is 0 Å². The van der Waals surface area contributed by atoms with Crippen molar-refractivity contribution in [2.75, 3.05) is 7.05 Å². The first-order chi connectivity index (χ1) is 12.2. The lowest BCUT2D eigenvalue weighted by Crippen LogP contribution is -2.38. The van der Waals surface area contributed by atoms with E-state index in [1.165, 1.54) is 15.7 Å². The molecule has 1 amide bonds. The van der Waals surface area contributed by atoms with Crippen LogP contribution >= 0.6 is 12.1 Å². The molecule has 0 saturated heterocycles. The molecule has 0 saturated carbocycles. The fourth-order valence-electron chi connectivity index (χ4n) is 2.59. The first-order valence-corrected chi connectivity index (χ1v) is 8.93. The van der Waals surface area contributed by atoms with Gasteiger partial charge in [-0.05, 0) is 33.8 Å². The second-order valence-corrected chi connectivity index (χ2v) is 7.83. The zero-order valence-electron chi connectivity index (χ0n) is 15.5. The number of hydrogen-bond acceptors (Lipinski definition) is 7. The monoisotopic (exact) mass is 374 g/mol. The van der Waals surface area contributed by atoms with E-state index in [2.05, 4.69) is 12.1 Å². The minimum atomic E-state index is -0.614. The number of carbonyl (C=O) groups excluding carboxylic acids is 1. The van der Waals surface area contributed by atoms with Crippen LogP contribution in [-0.4, -0.2) is 39.4 Å². The molecule has 0 aromatic heterocycles. The van der Waals surface area contributed by atoms with Crippen LogP contribution in [0, 0.1) is 22.7 Å². The summed E-state index contributed by atoms with van der Waals surface area (Å²) in [5, 5.41) is 18.3. The van der Waals surface area contributed by atoms with Crippen molar-refractivity contribution in [3.05, 3.63) is 23.8 Å². The highest BCUT2D eigenvalue weighted by Crippen LogP contribution is 2.42. The number of para-hydroxylation sites is 1. The first-order valence-electron chi connectivity index (χ1n) is 8.20. The highest BCUT2D eigenvalue weighted by atomic mass is 32.2. The Bertz CT molecular complexity index is 749. The number of amides is 1. The van der Waals surface area contributed by atoms with E-state index < -0.39 is 18.2 Å². The van der Waals surface area contributed by atoms with Crippen LogP contribution in [0.15, 0.2) is 18.2 Å². The Balaban J connectivity index is 2.10. The number of rotatable bonds is 5. The lowest BCUT2D eigenvalue weighted by molar-refractivity contribution is 0.131. The molecule has 138 valence electrons. The molecule has 26 heavy (non-hydrogen) atoms. The number of carbonyl (C=O) groups is 1. The molecule has 0 bridgehead atoms. The number of ether oxygens (including phenoxy) is 2. The predicted molar refractivity (Wildman–Crippen MR) is 98.2 cm³/mol. The van der Waals surface area contributed by atoms with E-state index in [4.69, 9.17) is 20.0 Å². The van der Waals surface area contributed by atoms with Gasteiger partial charge in [-0.25, -0.2) is 9.10 Å². The molecule has 0 radical (unpaired) electrons. The van der Waals surface area contributed by atoms with Gasteiger partial charge < -0.3 is 9.47 Å². The van der Waals surface area contributed by atoms with E-state index in [-0.39, 0.29) is 5.60 Å². The van der Waals surface area contributed by atoms with E-state index in [9.17, 15) is 4.79 Å². The third-order valence-corrected chi connectivity index (χ3v) is 5.08. The van der Waals surface area contributed by atoms with E-state index >= 15 is 0 Å². The summed E-state index contributed by atoms with van der Waals surface area (Å²) in [5.74, 6) is 0.940. The average Bonchev–Trinajstić information content (AvgIpc) is 2.92. The summed E-state index contributed by atoms with van der Waals surface area (Å²) in [4.78, 5) is 12.5. The van der Waals surface area contributed by atoms with Gasteiger partial charge in [0, 0.05) is 31.2 Å². The third kappa shape index (κ3) is 4.40. The zero-order chi connectivity index (χ0) is 19.5. The van der Waals surface area contributed by atoms with Crippen molar-refractivity contribution >= 4 is 18.2 Å². The lowest BCUT2D eigenvalue weighted by atomic mass is 10.0. The van der Waals surface area contributed by atoms with Crippen molar-refractivity contribution in [1.82, 2.24) is 8.61 Å². The molecule has 2 rings (SSSR count). The standard InChI is InChI=1S/C18H22N4O3S/c1-12(10-19)22(13(2)11-20)26-21(5)17(23)24-15-8-6-7-14-9-18(3,4)25-16(14)15/h6-8,12-13H,9H2,1-5H3. The Morgan fingerprint density at radius 3 is 2.50 bits per heavy atom. The number of hydrogen-bond donors (Lipinski definition) is 0. The van der Waals surface area contributed by atoms with Crippen molar-refractivity contribution in [3.8, 4) is 23.6 Å². The van der Waals surface area contributed by atoms with Crippen LogP contribution in [0.1, 0.15) is 33.3 Å². The van der Waals surface area contributed by atoms with Crippen molar-refractivity contribution in [3.63, 3.8) is 0 Å². The van der Waals surface area contributed by atoms with Crippen LogP contribution in [0.5, 0.6) is 11.5 Å². The molecular weight excluding hydrogens is 352 g/mol. The maximum atomic E-state index is 12.5. The molecule has 2 atom stereocenters. The minimum Gasteiger partial charge on any atom is -0.483 e. The number of benzene rings is 1. The van der Waals surface area contributed by atoms with Crippen LogP contribution < -0.4 is 9.47 Å². The lowest BCUT2D eigenvalue weighted by Gasteiger charge is -2.28. The Hall–Kier alpha value is -2.42. The Kier molecular flexibility index (Phi) is 6.01. The summed E-state index contributed by atoms with van der Waals surface area (Å²) in [5.41, 5.74) is 0.653. The highest BCUT2D eigenvalue weighted by molar-refractivity contribution is 7.95. The molecule has 7 nitrogen and oxygen atoms in total. The molecule has 1 aromatic carbocycles. The third-order valence-electron chi connectivity index (χ3n) is 3.86. The molecule has 0 aliphatic carbocycles. The second-order valence-electron chi connectivity index (χ2n) is 6.70. The van der Waals surface area contributed by atoms with E-state index in [1.807, 2.05) is 26.0 Å². The highest BCUT2D eigenvalue weighted by Gasteiger charge is 2.33. The van der Waals surface area contributed by atoms with Gasteiger partial charge in [-0.2, -0.15) is 14.8 Å². The molecule has 2 unspecified atom stereocenters. The molecule has 0 fully saturated rings. The topological polar surface area (TPSA) is 89.6 Å². The quantitative estimate of drug-likeness (QED) is 0.728. The van der Waals surface area contributed by atoms with E-state index in [0.29, 0.717) is 11.5 Å². The van der Waals surface area contributed by atoms with Crippen LogP contribution in [0.4, 0.5) is 4.79 Å². The summed E-state index contributed by atoms with van der Waals surface area (Å²) in [7, 11) is 1.53. The van der Waals surface area contributed by atoms with E-state index in [0.717, 1.165) is 24.1 Å². The summed E-state index contributed by atoms with van der Waals surface area (Å²) < 4.78 is 14.2. The molecule has 0 N–H and O–H groups in total. The maximum absolute atomic E-state index is 12.5. The largest absolute Gasteiger partial charge is 0.483 e. The van der Waals surface area contributed by atoms with Gasteiger partial charge in [0.15, 0.2) is 11.5 Å². The number of fused-ring (bicyclic) bond motifs is 1. The van der Waals surface area contributed by atoms with Gasteiger partial charge in [-0.3, -0.25) is 0 Å². The van der Waals surface area contributed by atoms with Crippen LogP contribution in [0.2, 0.25) is 0 Å². The first kappa shape index (κ1) is 19.9. The Labute approximate surface area is 158 Å². The molecule has 1 aliphatic heterocycles. The predicted octanol–water partition coefficient (Wildman–Crippen LogP) is 3.52. The van der Waals surface area contributed by atoms with Gasteiger partial charge in [0.1, 0.15) is 17.7 Å². The van der Waals surface area contributed by atoms with Gasteiger partial charge in [-0.15, -0.1) is 0 Å². The summed E-state index contributed by atoms with van der Waals surface area (Å²) >= 11 is 0.977. The minimum absolute atomic E-state index is 0.341.